The van der Waals surface area contributed by atoms with Gasteiger partial charge in [-0.1, -0.05) is 34.8 Å². The number of nitrogen functional groups attached to an aromatic ring is 2. The minimum Gasteiger partial charge on any atom is -0.453 e. The fourth-order valence-corrected chi connectivity index (χ4v) is 1.87. The number of benzene rings is 2. The van der Waals surface area contributed by atoms with Gasteiger partial charge >= 0.3 is 0 Å². The highest BCUT2D eigenvalue weighted by atomic mass is 35.5. The van der Waals surface area contributed by atoms with Crippen LogP contribution in [0.25, 0.3) is 0 Å². The lowest BCUT2D eigenvalue weighted by Gasteiger charge is -2.12. The van der Waals surface area contributed by atoms with Gasteiger partial charge in [-0.15, -0.1) is 0 Å². The molecule has 3 nitrogen and oxygen atoms in total. The molecule has 2 aromatic carbocycles. The average molecular weight is 304 g/mol. The van der Waals surface area contributed by atoms with E-state index < -0.39 is 0 Å². The van der Waals surface area contributed by atoms with Crippen molar-refractivity contribution < 1.29 is 4.74 Å². The lowest BCUT2D eigenvalue weighted by molar-refractivity contribution is 0.487. The first-order chi connectivity index (χ1) is 8.49. The lowest BCUT2D eigenvalue weighted by Crippen LogP contribution is -1.96. The molecule has 0 saturated carbocycles. The fraction of sp³-hybridized carbons (Fsp3) is 0. The number of ether oxygens (including phenoxy) is 1. The quantitative estimate of drug-likeness (QED) is 0.797. The van der Waals surface area contributed by atoms with Crippen LogP contribution in [0.1, 0.15) is 0 Å². The predicted octanol–water partition coefficient (Wildman–Crippen LogP) is 4.60. The fourth-order valence-electron chi connectivity index (χ4n) is 1.37. The number of halogens is 3. The molecule has 0 unspecified atom stereocenters. The summed E-state index contributed by atoms with van der Waals surface area (Å²) in [5.41, 5.74) is 12.3. The van der Waals surface area contributed by atoms with E-state index in [1.54, 1.807) is 30.3 Å². The minimum absolute atomic E-state index is 0.252. The Bertz CT molecular complexity index is 602. The van der Waals surface area contributed by atoms with Gasteiger partial charge in [0.1, 0.15) is 0 Å². The predicted molar refractivity (Wildman–Crippen MR) is 76.8 cm³/mol. The SMILES string of the molecule is Nc1cc(Cl)ccc1Oc1ccc(Cl)c(Cl)c1N. The van der Waals surface area contributed by atoms with Crippen LogP contribution in [0.3, 0.4) is 0 Å². The largest absolute Gasteiger partial charge is 0.453 e. The molecule has 2 aromatic rings. The van der Waals surface area contributed by atoms with Crippen LogP contribution in [0.2, 0.25) is 15.1 Å². The highest BCUT2D eigenvalue weighted by molar-refractivity contribution is 6.43. The highest BCUT2D eigenvalue weighted by Crippen LogP contribution is 2.39. The molecule has 0 amide bonds. The Hall–Kier alpha value is -1.29. The standard InChI is InChI=1S/C12H9Cl3N2O/c13-6-1-3-9(8(16)5-6)18-10-4-2-7(14)11(15)12(10)17/h1-5H,16-17H2. The van der Waals surface area contributed by atoms with Gasteiger partial charge in [0.05, 0.1) is 21.4 Å². The van der Waals surface area contributed by atoms with Gasteiger partial charge in [0.2, 0.25) is 0 Å². The molecule has 6 heteroatoms. The van der Waals surface area contributed by atoms with Crippen molar-refractivity contribution in [2.24, 2.45) is 0 Å². The Morgan fingerprint density at radius 1 is 0.889 bits per heavy atom. The molecule has 0 saturated heterocycles. The number of rotatable bonds is 2. The van der Waals surface area contributed by atoms with E-state index >= 15 is 0 Å². The van der Waals surface area contributed by atoms with E-state index in [0.29, 0.717) is 27.2 Å². The Morgan fingerprint density at radius 3 is 2.22 bits per heavy atom. The van der Waals surface area contributed by atoms with Crippen LogP contribution in [-0.2, 0) is 0 Å². The molecule has 18 heavy (non-hydrogen) atoms. The Labute approximate surface area is 119 Å². The van der Waals surface area contributed by atoms with E-state index in [9.17, 15) is 0 Å². The lowest BCUT2D eigenvalue weighted by atomic mass is 10.2. The van der Waals surface area contributed by atoms with Crippen molar-refractivity contribution in [3.05, 3.63) is 45.4 Å². The van der Waals surface area contributed by atoms with E-state index in [-0.39, 0.29) is 10.7 Å². The number of hydrogen-bond donors (Lipinski definition) is 2. The van der Waals surface area contributed by atoms with E-state index in [2.05, 4.69) is 0 Å². The highest BCUT2D eigenvalue weighted by Gasteiger charge is 2.11. The van der Waals surface area contributed by atoms with Crippen LogP contribution in [0.15, 0.2) is 30.3 Å². The van der Waals surface area contributed by atoms with Crippen LogP contribution in [-0.4, -0.2) is 0 Å². The zero-order valence-corrected chi connectivity index (χ0v) is 11.4. The van der Waals surface area contributed by atoms with Crippen molar-refractivity contribution in [2.45, 2.75) is 0 Å². The third-order valence-corrected chi connectivity index (χ3v) is 3.34. The zero-order chi connectivity index (χ0) is 13.3. The first-order valence-corrected chi connectivity index (χ1v) is 6.09. The summed E-state index contributed by atoms with van der Waals surface area (Å²) in [4.78, 5) is 0. The molecular weight excluding hydrogens is 295 g/mol. The normalized spacial score (nSPS) is 10.4. The third-order valence-electron chi connectivity index (χ3n) is 2.28. The van der Waals surface area contributed by atoms with Gasteiger partial charge in [0.25, 0.3) is 0 Å². The van der Waals surface area contributed by atoms with Crippen LogP contribution in [0.4, 0.5) is 11.4 Å². The summed E-state index contributed by atoms with van der Waals surface area (Å²) in [6.45, 7) is 0. The molecule has 0 radical (unpaired) electrons. The molecule has 0 aliphatic rings. The van der Waals surface area contributed by atoms with Gasteiger partial charge in [0, 0.05) is 5.02 Å². The van der Waals surface area contributed by atoms with Gasteiger partial charge in [-0.25, -0.2) is 0 Å². The number of hydrogen-bond acceptors (Lipinski definition) is 3. The first kappa shape index (κ1) is 13.1. The maximum absolute atomic E-state index is 5.92. The van der Waals surface area contributed by atoms with Crippen molar-refractivity contribution in [3.63, 3.8) is 0 Å². The van der Waals surface area contributed by atoms with Gasteiger partial charge in [-0.3, -0.25) is 0 Å². The van der Waals surface area contributed by atoms with Gasteiger partial charge in [0.15, 0.2) is 11.5 Å². The summed E-state index contributed by atoms with van der Waals surface area (Å²) in [7, 11) is 0. The van der Waals surface area contributed by atoms with E-state index in [1.807, 2.05) is 0 Å². The molecule has 0 bridgehead atoms. The average Bonchev–Trinajstić information content (AvgIpc) is 2.33. The van der Waals surface area contributed by atoms with Crippen LogP contribution in [0.5, 0.6) is 11.5 Å². The number of anilines is 2. The van der Waals surface area contributed by atoms with E-state index in [0.717, 1.165) is 0 Å². The van der Waals surface area contributed by atoms with Gasteiger partial charge < -0.3 is 16.2 Å². The van der Waals surface area contributed by atoms with Gasteiger partial charge in [-0.05, 0) is 30.3 Å². The van der Waals surface area contributed by atoms with Crippen LogP contribution in [0, 0.1) is 0 Å². The van der Waals surface area contributed by atoms with E-state index in [1.165, 1.54) is 0 Å². The summed E-state index contributed by atoms with van der Waals surface area (Å²) in [6.07, 6.45) is 0. The second kappa shape index (κ2) is 5.14. The topological polar surface area (TPSA) is 61.3 Å². The maximum atomic E-state index is 5.92. The molecule has 0 aliphatic heterocycles. The summed E-state index contributed by atoms with van der Waals surface area (Å²) in [5.74, 6) is 0.836. The molecule has 0 aromatic heterocycles. The summed E-state index contributed by atoms with van der Waals surface area (Å²) in [5, 5.41) is 1.15. The van der Waals surface area contributed by atoms with Gasteiger partial charge in [-0.2, -0.15) is 0 Å². The number of nitrogens with two attached hydrogens (primary N) is 2. The molecule has 0 fully saturated rings. The second-order valence-electron chi connectivity index (χ2n) is 3.56. The second-order valence-corrected chi connectivity index (χ2v) is 4.78. The Balaban J connectivity index is 2.37. The smallest absolute Gasteiger partial charge is 0.152 e. The van der Waals surface area contributed by atoms with Crippen LogP contribution < -0.4 is 16.2 Å². The third kappa shape index (κ3) is 2.58. The minimum atomic E-state index is 0.252. The summed E-state index contributed by atoms with van der Waals surface area (Å²) >= 11 is 17.6. The molecule has 0 aliphatic carbocycles. The van der Waals surface area contributed by atoms with Crippen molar-refractivity contribution in [3.8, 4) is 11.5 Å². The summed E-state index contributed by atoms with van der Waals surface area (Å²) in [6, 6.07) is 8.13. The molecule has 94 valence electrons. The van der Waals surface area contributed by atoms with Crippen molar-refractivity contribution in [1.82, 2.24) is 0 Å². The van der Waals surface area contributed by atoms with Crippen LogP contribution >= 0.6 is 34.8 Å². The van der Waals surface area contributed by atoms with Crippen molar-refractivity contribution in [1.29, 1.82) is 0 Å². The molecule has 4 N–H and O–H groups in total. The molecule has 0 atom stereocenters. The molecule has 0 heterocycles. The van der Waals surface area contributed by atoms with E-state index in [4.69, 9.17) is 51.0 Å². The van der Waals surface area contributed by atoms with Crippen molar-refractivity contribution in [2.75, 3.05) is 11.5 Å². The summed E-state index contributed by atoms with van der Waals surface area (Å²) < 4.78 is 5.58. The molecule has 0 spiro atoms. The monoisotopic (exact) mass is 302 g/mol. The first-order valence-electron chi connectivity index (χ1n) is 4.95. The van der Waals surface area contributed by atoms with Crippen molar-refractivity contribution >= 4 is 46.2 Å². The molecular formula is C12H9Cl3N2O. The molecule has 2 rings (SSSR count). The zero-order valence-electron chi connectivity index (χ0n) is 9.08. The maximum Gasteiger partial charge on any atom is 0.152 e. The Morgan fingerprint density at radius 2 is 1.56 bits per heavy atom. The Kier molecular flexibility index (Phi) is 3.76.